The SMILES string of the molecule is C=C(CC)n1ncn(-c2ccc(N3CCN(c4ccc(OC[C@@H]5CO[C@@](Cn6nccn6)(c6ccccc6)C5)cc4)CC3)cc2)c1=O. The predicted octanol–water partition coefficient (Wildman–Crippen LogP) is 4.84. The van der Waals surface area contributed by atoms with Crippen LogP contribution in [0.2, 0.25) is 0 Å². The first-order chi connectivity index (χ1) is 23.0. The zero-order chi connectivity index (χ0) is 32.2. The first-order valence-corrected chi connectivity index (χ1v) is 16.2. The van der Waals surface area contributed by atoms with Crippen molar-refractivity contribution in [3.8, 4) is 11.4 Å². The minimum absolute atomic E-state index is 0.202. The quantitative estimate of drug-likeness (QED) is 0.204. The van der Waals surface area contributed by atoms with E-state index in [1.165, 1.54) is 10.4 Å². The summed E-state index contributed by atoms with van der Waals surface area (Å²) in [6, 6.07) is 26.9. The molecule has 2 aliphatic heterocycles. The number of aromatic nitrogens is 6. The maximum atomic E-state index is 12.7. The minimum Gasteiger partial charge on any atom is -0.493 e. The van der Waals surface area contributed by atoms with Crippen molar-refractivity contribution in [3.63, 3.8) is 0 Å². The lowest BCUT2D eigenvalue weighted by molar-refractivity contribution is -0.0209. The minimum atomic E-state index is -0.476. The third-order valence-electron chi connectivity index (χ3n) is 9.21. The van der Waals surface area contributed by atoms with Gasteiger partial charge in [-0.1, -0.05) is 43.8 Å². The van der Waals surface area contributed by atoms with E-state index in [-0.39, 0.29) is 11.6 Å². The Balaban J connectivity index is 0.915. The molecule has 2 saturated heterocycles. The lowest BCUT2D eigenvalue weighted by atomic mass is 9.87. The van der Waals surface area contributed by atoms with Crippen LogP contribution in [0, 0.1) is 5.92 Å². The Kier molecular flexibility index (Phi) is 8.62. The number of hydrogen-bond donors (Lipinski definition) is 0. The fraction of sp³-hybridized carbons (Fsp3) is 0.333. The monoisotopic (exact) mass is 632 g/mol. The molecule has 0 radical (unpaired) electrons. The smallest absolute Gasteiger partial charge is 0.354 e. The molecule has 0 N–H and O–H groups in total. The number of anilines is 2. The van der Waals surface area contributed by atoms with Gasteiger partial charge in [0.1, 0.15) is 17.7 Å². The van der Waals surface area contributed by atoms with Gasteiger partial charge in [-0.2, -0.15) is 24.8 Å². The molecule has 0 aliphatic carbocycles. The molecule has 5 aromatic rings. The zero-order valence-electron chi connectivity index (χ0n) is 26.7. The van der Waals surface area contributed by atoms with Crippen LogP contribution in [-0.2, 0) is 16.9 Å². The second-order valence-electron chi connectivity index (χ2n) is 12.2. The van der Waals surface area contributed by atoms with Crippen LogP contribution in [0.15, 0.2) is 109 Å². The Morgan fingerprint density at radius 2 is 1.49 bits per heavy atom. The summed E-state index contributed by atoms with van der Waals surface area (Å²) in [5, 5.41) is 12.9. The van der Waals surface area contributed by atoms with E-state index in [2.05, 4.69) is 80.2 Å². The van der Waals surface area contributed by atoms with Crippen molar-refractivity contribution in [2.45, 2.75) is 31.9 Å². The van der Waals surface area contributed by atoms with Crippen LogP contribution in [0.1, 0.15) is 25.3 Å². The lowest BCUT2D eigenvalue weighted by Crippen LogP contribution is -2.46. The van der Waals surface area contributed by atoms with E-state index in [1.54, 1.807) is 28.1 Å². The average molecular weight is 633 g/mol. The second-order valence-corrected chi connectivity index (χ2v) is 12.2. The maximum Gasteiger partial charge on any atom is 0.354 e. The fourth-order valence-corrected chi connectivity index (χ4v) is 6.53. The number of hydrogen-bond acceptors (Lipinski definition) is 8. The van der Waals surface area contributed by atoms with E-state index in [0.717, 1.165) is 55.3 Å². The molecular weight excluding hydrogens is 592 g/mol. The Bertz CT molecular complexity index is 1830. The molecule has 2 aromatic heterocycles. The molecule has 2 atom stereocenters. The Morgan fingerprint density at radius 1 is 0.872 bits per heavy atom. The van der Waals surface area contributed by atoms with Gasteiger partial charge in [-0.05, 0) is 66.9 Å². The van der Waals surface area contributed by atoms with Crippen molar-refractivity contribution in [2.75, 3.05) is 49.2 Å². The van der Waals surface area contributed by atoms with Gasteiger partial charge in [0, 0.05) is 49.2 Å². The second kappa shape index (κ2) is 13.3. The summed E-state index contributed by atoms with van der Waals surface area (Å²) in [5.74, 6) is 1.12. The highest BCUT2D eigenvalue weighted by Gasteiger charge is 2.43. The summed E-state index contributed by atoms with van der Waals surface area (Å²) in [7, 11) is 0. The highest BCUT2D eigenvalue weighted by atomic mass is 16.5. The van der Waals surface area contributed by atoms with Gasteiger partial charge in [0.25, 0.3) is 0 Å². The molecule has 47 heavy (non-hydrogen) atoms. The van der Waals surface area contributed by atoms with Crippen molar-refractivity contribution in [2.24, 2.45) is 5.92 Å². The predicted molar refractivity (Wildman–Crippen MR) is 182 cm³/mol. The van der Waals surface area contributed by atoms with Crippen molar-refractivity contribution in [1.29, 1.82) is 0 Å². The molecule has 0 spiro atoms. The van der Waals surface area contributed by atoms with E-state index in [0.29, 0.717) is 31.9 Å². The molecule has 3 aromatic carbocycles. The van der Waals surface area contributed by atoms with Gasteiger partial charge in [-0.3, -0.25) is 0 Å². The molecule has 4 heterocycles. The van der Waals surface area contributed by atoms with Crippen molar-refractivity contribution >= 4 is 17.1 Å². The molecule has 2 aliphatic rings. The molecule has 0 unspecified atom stereocenters. The summed E-state index contributed by atoms with van der Waals surface area (Å²) in [4.78, 5) is 19.2. The number of piperazine rings is 1. The molecule has 11 heteroatoms. The molecular formula is C36H40N8O3. The van der Waals surface area contributed by atoms with Gasteiger partial charge in [0.05, 0.1) is 37.8 Å². The molecule has 0 saturated carbocycles. The van der Waals surface area contributed by atoms with Crippen LogP contribution in [0.3, 0.4) is 0 Å². The molecule has 7 rings (SSSR count). The number of nitrogens with zero attached hydrogens (tertiary/aromatic N) is 8. The molecule has 2 fully saturated rings. The van der Waals surface area contributed by atoms with Gasteiger partial charge in [-0.15, -0.1) is 0 Å². The first kappa shape index (κ1) is 30.5. The topological polar surface area (TPSA) is 95.5 Å². The van der Waals surface area contributed by atoms with Crippen LogP contribution >= 0.6 is 0 Å². The van der Waals surface area contributed by atoms with Gasteiger partial charge in [0.2, 0.25) is 0 Å². The molecule has 0 amide bonds. The highest BCUT2D eigenvalue weighted by molar-refractivity contribution is 5.55. The number of benzene rings is 3. The molecule has 11 nitrogen and oxygen atoms in total. The largest absolute Gasteiger partial charge is 0.493 e. The van der Waals surface area contributed by atoms with Crippen LogP contribution in [0.25, 0.3) is 11.4 Å². The maximum absolute atomic E-state index is 12.7. The van der Waals surface area contributed by atoms with Gasteiger partial charge in [0.15, 0.2) is 0 Å². The molecule has 242 valence electrons. The van der Waals surface area contributed by atoms with Crippen molar-refractivity contribution in [1.82, 2.24) is 29.3 Å². The Morgan fingerprint density at radius 3 is 2.13 bits per heavy atom. The average Bonchev–Trinajstić information content (AvgIpc) is 3.89. The van der Waals surface area contributed by atoms with Gasteiger partial charge >= 0.3 is 5.69 Å². The fourth-order valence-electron chi connectivity index (χ4n) is 6.53. The van der Waals surface area contributed by atoms with Gasteiger partial charge in [-0.25, -0.2) is 9.36 Å². The van der Waals surface area contributed by atoms with Crippen LogP contribution in [0.4, 0.5) is 11.4 Å². The summed E-state index contributed by atoms with van der Waals surface area (Å²) in [6.07, 6.45) is 6.45. The van der Waals surface area contributed by atoms with E-state index >= 15 is 0 Å². The normalized spacial score (nSPS) is 19.6. The van der Waals surface area contributed by atoms with Crippen molar-refractivity contribution in [3.05, 3.63) is 120 Å². The standard InChI is InChI=1S/C36H40N8O3/c1-3-28(2)44-35(45)42(27-39-44)33-11-9-31(10-12-33)40-19-21-41(22-20-40)32-13-15-34(16-14-32)46-24-29-23-36(47-25-29,26-43-37-17-18-38-43)30-7-5-4-6-8-30/h4-18,27,29H,2-3,19-26H2,1H3/t29-,36+/m1/s1. The number of rotatable bonds is 11. The van der Waals surface area contributed by atoms with E-state index in [1.807, 2.05) is 37.3 Å². The number of ether oxygens (including phenoxy) is 2. The summed E-state index contributed by atoms with van der Waals surface area (Å²) in [6.45, 7) is 11.3. The van der Waals surface area contributed by atoms with Crippen LogP contribution < -0.4 is 20.2 Å². The third kappa shape index (κ3) is 6.44. The molecule has 0 bridgehead atoms. The Hall–Kier alpha value is -5.16. The van der Waals surface area contributed by atoms with Crippen molar-refractivity contribution < 1.29 is 9.47 Å². The van der Waals surface area contributed by atoms with Crippen LogP contribution in [0.5, 0.6) is 5.75 Å². The van der Waals surface area contributed by atoms with E-state index in [4.69, 9.17) is 9.47 Å². The lowest BCUT2D eigenvalue weighted by Gasteiger charge is -2.37. The summed E-state index contributed by atoms with van der Waals surface area (Å²) >= 11 is 0. The summed E-state index contributed by atoms with van der Waals surface area (Å²) < 4.78 is 15.6. The zero-order valence-corrected chi connectivity index (χ0v) is 26.7. The van der Waals surface area contributed by atoms with E-state index < -0.39 is 5.60 Å². The van der Waals surface area contributed by atoms with E-state index in [9.17, 15) is 4.79 Å². The third-order valence-corrected chi connectivity index (χ3v) is 9.21. The Labute approximate surface area is 274 Å². The highest BCUT2D eigenvalue weighted by Crippen LogP contribution is 2.40. The summed E-state index contributed by atoms with van der Waals surface area (Å²) in [5.41, 5.74) is 4.26. The van der Waals surface area contributed by atoms with Crippen LogP contribution in [-0.4, -0.2) is 68.7 Å². The number of allylic oxidation sites excluding steroid dienone is 1. The van der Waals surface area contributed by atoms with Gasteiger partial charge < -0.3 is 19.3 Å². The first-order valence-electron chi connectivity index (χ1n) is 16.2.